The van der Waals surface area contributed by atoms with Gasteiger partial charge in [-0.25, -0.2) is 16.8 Å². The minimum absolute atomic E-state index is 0. The summed E-state index contributed by atoms with van der Waals surface area (Å²) < 4.78 is 53.2. The quantitative estimate of drug-likeness (QED) is 0.199. The summed E-state index contributed by atoms with van der Waals surface area (Å²) in [5.41, 5.74) is 0. The third kappa shape index (κ3) is 118. The van der Waals surface area contributed by atoms with Gasteiger partial charge in [0, 0.05) is 46.4 Å². The van der Waals surface area contributed by atoms with Crippen molar-refractivity contribution in [1.29, 1.82) is 0 Å². The normalized spacial score (nSPS) is 8.23. The Morgan fingerprint density at radius 1 is 0.346 bits per heavy atom. The molecule has 52 heavy (non-hydrogen) atoms. The molecule has 0 unspecified atom stereocenters. The number of methoxy groups -OCH3 is 3. The van der Waals surface area contributed by atoms with E-state index in [1.165, 1.54) is 0 Å². The fourth-order valence-corrected chi connectivity index (χ4v) is 2.10. The highest BCUT2D eigenvalue weighted by atomic mass is 32.2. The van der Waals surface area contributed by atoms with E-state index in [9.17, 15) is 16.8 Å². The molecular formula is C43H78O7S2. The molecule has 0 aromatic heterocycles. The standard InChI is InChI=1S/C6H14O3.4C6H6.2C2H6O2S.4C2H6.CH4/c1-7-4-6(9-3)5-8-2;4*1-2-4-6-5-3-1;2*1-5(2,3)4;4*1-2;/h6H,4-5H2,1-3H3;4*1-6H;2*1-2H3;4*1-2H3;1H4. The third-order valence-corrected chi connectivity index (χ3v) is 3.71. The summed E-state index contributed by atoms with van der Waals surface area (Å²) in [6.07, 6.45) is 4.71. The van der Waals surface area contributed by atoms with E-state index in [1.807, 2.05) is 201 Å². The molecule has 0 saturated carbocycles. The van der Waals surface area contributed by atoms with Crippen LogP contribution in [0.1, 0.15) is 62.8 Å². The van der Waals surface area contributed by atoms with Crippen molar-refractivity contribution < 1.29 is 31.0 Å². The van der Waals surface area contributed by atoms with Gasteiger partial charge >= 0.3 is 0 Å². The summed E-state index contributed by atoms with van der Waals surface area (Å²) in [7, 11) is -0.411. The third-order valence-electron chi connectivity index (χ3n) is 3.71. The van der Waals surface area contributed by atoms with Crippen molar-refractivity contribution in [1.82, 2.24) is 0 Å². The minimum Gasteiger partial charge on any atom is -0.382 e. The van der Waals surface area contributed by atoms with Crippen molar-refractivity contribution in [3.8, 4) is 0 Å². The van der Waals surface area contributed by atoms with Gasteiger partial charge < -0.3 is 14.2 Å². The van der Waals surface area contributed by atoms with Gasteiger partial charge in [-0.05, 0) is 0 Å². The van der Waals surface area contributed by atoms with Crippen molar-refractivity contribution in [3.63, 3.8) is 0 Å². The first kappa shape index (κ1) is 66.9. The zero-order valence-electron chi connectivity index (χ0n) is 34.5. The fourth-order valence-electron chi connectivity index (χ4n) is 2.10. The summed E-state index contributed by atoms with van der Waals surface area (Å²) in [4.78, 5) is 0. The van der Waals surface area contributed by atoms with Gasteiger partial charge in [0.15, 0.2) is 0 Å². The molecule has 0 saturated heterocycles. The van der Waals surface area contributed by atoms with Gasteiger partial charge in [-0.2, -0.15) is 0 Å². The van der Waals surface area contributed by atoms with Crippen LogP contribution in [0.5, 0.6) is 0 Å². The van der Waals surface area contributed by atoms with Crippen LogP contribution >= 0.6 is 0 Å². The number of benzene rings is 4. The second-order valence-corrected chi connectivity index (χ2v) is 13.2. The van der Waals surface area contributed by atoms with Gasteiger partial charge in [0.1, 0.15) is 25.8 Å². The lowest BCUT2D eigenvalue weighted by Gasteiger charge is -2.11. The van der Waals surface area contributed by atoms with Crippen LogP contribution in [0.4, 0.5) is 0 Å². The minimum atomic E-state index is -2.67. The molecule has 0 fully saturated rings. The lowest BCUT2D eigenvalue weighted by molar-refractivity contribution is -0.0178. The molecule has 0 aliphatic rings. The molecule has 0 bridgehead atoms. The van der Waals surface area contributed by atoms with Crippen molar-refractivity contribution >= 4 is 19.7 Å². The van der Waals surface area contributed by atoms with Crippen molar-refractivity contribution in [3.05, 3.63) is 146 Å². The van der Waals surface area contributed by atoms with Gasteiger partial charge in [0.25, 0.3) is 0 Å². The van der Waals surface area contributed by atoms with E-state index in [-0.39, 0.29) is 13.5 Å². The van der Waals surface area contributed by atoms with Crippen molar-refractivity contribution in [2.24, 2.45) is 0 Å². The Morgan fingerprint density at radius 2 is 0.442 bits per heavy atom. The van der Waals surface area contributed by atoms with Gasteiger partial charge in [-0.15, -0.1) is 0 Å². The first-order valence-corrected chi connectivity index (χ1v) is 21.8. The number of hydrogen-bond acceptors (Lipinski definition) is 7. The van der Waals surface area contributed by atoms with Crippen LogP contribution in [0.15, 0.2) is 146 Å². The van der Waals surface area contributed by atoms with E-state index < -0.39 is 19.7 Å². The van der Waals surface area contributed by atoms with E-state index in [1.54, 1.807) is 21.3 Å². The molecule has 0 radical (unpaired) electrons. The topological polar surface area (TPSA) is 96.0 Å². The molecule has 7 nitrogen and oxygen atoms in total. The van der Waals surface area contributed by atoms with Gasteiger partial charge in [0.05, 0.1) is 13.2 Å². The van der Waals surface area contributed by atoms with Crippen LogP contribution in [0.3, 0.4) is 0 Å². The molecule has 0 N–H and O–H groups in total. The van der Waals surface area contributed by atoms with Crippen LogP contribution in [-0.2, 0) is 33.9 Å². The highest BCUT2D eigenvalue weighted by molar-refractivity contribution is 7.90. The maximum Gasteiger partial charge on any atom is 0.144 e. The summed E-state index contributed by atoms with van der Waals surface area (Å²) in [6.45, 7) is 17.2. The Balaban J connectivity index is -0.0000000703. The zero-order chi connectivity index (χ0) is 41.1. The van der Waals surface area contributed by atoms with E-state index in [4.69, 9.17) is 14.2 Å². The van der Waals surface area contributed by atoms with Crippen molar-refractivity contribution in [2.45, 2.75) is 68.9 Å². The molecule has 0 aliphatic carbocycles. The molecule has 0 heterocycles. The van der Waals surface area contributed by atoms with Gasteiger partial charge in [0.2, 0.25) is 0 Å². The van der Waals surface area contributed by atoms with Crippen LogP contribution in [-0.4, -0.2) is 82.5 Å². The molecule has 304 valence electrons. The largest absolute Gasteiger partial charge is 0.382 e. The van der Waals surface area contributed by atoms with Crippen LogP contribution in [0.2, 0.25) is 0 Å². The molecule has 0 spiro atoms. The first-order chi connectivity index (χ1) is 24.3. The highest BCUT2D eigenvalue weighted by Crippen LogP contribution is 1.89. The molecule has 4 aromatic rings. The Bertz CT molecular complexity index is 943. The maximum atomic E-state index is 9.63. The van der Waals surface area contributed by atoms with E-state index >= 15 is 0 Å². The predicted octanol–water partition coefficient (Wildman–Crippen LogP) is 11.1. The molecule has 0 atom stereocenters. The molecular weight excluding hydrogens is 693 g/mol. The lowest BCUT2D eigenvalue weighted by atomic mass is 10.4. The summed E-state index contributed by atoms with van der Waals surface area (Å²) in [6, 6.07) is 48.0. The smallest absolute Gasteiger partial charge is 0.144 e. The van der Waals surface area contributed by atoms with E-state index in [0.717, 1.165) is 25.0 Å². The molecule has 0 aliphatic heterocycles. The molecule has 0 amide bonds. The Labute approximate surface area is 323 Å². The van der Waals surface area contributed by atoms with Crippen LogP contribution in [0, 0.1) is 0 Å². The van der Waals surface area contributed by atoms with Gasteiger partial charge in [-0.3, -0.25) is 0 Å². The molecule has 4 aromatic carbocycles. The van der Waals surface area contributed by atoms with Crippen molar-refractivity contribution in [2.75, 3.05) is 59.6 Å². The van der Waals surface area contributed by atoms with Crippen LogP contribution in [0.25, 0.3) is 0 Å². The summed E-state index contributed by atoms with van der Waals surface area (Å²) in [5.74, 6) is 0. The van der Waals surface area contributed by atoms with Crippen LogP contribution < -0.4 is 0 Å². The molecule has 4 rings (SSSR count). The predicted molar refractivity (Wildman–Crippen MR) is 234 cm³/mol. The van der Waals surface area contributed by atoms with Gasteiger partial charge in [-0.1, -0.05) is 208 Å². The average molecular weight is 771 g/mol. The lowest BCUT2D eigenvalue weighted by Crippen LogP contribution is -2.22. The average Bonchev–Trinajstić information content (AvgIpc) is 3.17. The maximum absolute atomic E-state index is 9.63. The zero-order valence-corrected chi connectivity index (χ0v) is 36.2. The number of rotatable bonds is 5. The van der Waals surface area contributed by atoms with E-state index in [0.29, 0.717) is 13.2 Å². The second kappa shape index (κ2) is 62.8. The number of sulfone groups is 2. The Kier molecular flexibility index (Phi) is 80.7. The fraction of sp³-hybridized carbons (Fsp3) is 0.442. The monoisotopic (exact) mass is 771 g/mol. The SMILES string of the molecule is C.CC.CC.CC.CC.COCC(COC)OC.CS(C)(=O)=O.CS(C)(=O)=O.c1ccccc1.c1ccccc1.c1ccccc1.c1ccccc1. The second-order valence-electron chi connectivity index (χ2n) is 8.67. The molecule has 9 heteroatoms. The number of ether oxygens (including phenoxy) is 3. The summed E-state index contributed by atoms with van der Waals surface area (Å²) >= 11 is 0. The Morgan fingerprint density at radius 3 is 0.500 bits per heavy atom. The van der Waals surface area contributed by atoms with E-state index in [2.05, 4.69) is 0 Å². The Hall–Kier alpha value is -3.34. The first-order valence-electron chi connectivity index (χ1n) is 17.2. The summed E-state index contributed by atoms with van der Waals surface area (Å²) in [5, 5.41) is 0. The highest BCUT2D eigenvalue weighted by Gasteiger charge is 2.03. The number of hydrogen-bond donors (Lipinski definition) is 0.